The Morgan fingerprint density at radius 2 is 2.29 bits per heavy atom. The summed E-state index contributed by atoms with van der Waals surface area (Å²) in [5.41, 5.74) is 6.83. The minimum Gasteiger partial charge on any atom is -0.396 e. The van der Waals surface area contributed by atoms with E-state index in [0.717, 1.165) is 31.4 Å². The SMILES string of the molecule is NCC#Cc1cccc(C(=O)N2CCCCC2CCO)c1. The average Bonchev–Trinajstić information content (AvgIpc) is 2.53. The van der Waals surface area contributed by atoms with Crippen LogP contribution in [0.2, 0.25) is 0 Å². The molecule has 1 aliphatic rings. The van der Waals surface area contributed by atoms with Gasteiger partial charge in [-0.05, 0) is 43.9 Å². The molecule has 0 spiro atoms. The number of nitrogens with two attached hydrogens (primary N) is 1. The van der Waals surface area contributed by atoms with Gasteiger partial charge in [0.2, 0.25) is 0 Å². The second kappa shape index (κ2) is 7.82. The van der Waals surface area contributed by atoms with Crippen LogP contribution in [0.4, 0.5) is 0 Å². The summed E-state index contributed by atoms with van der Waals surface area (Å²) in [7, 11) is 0. The van der Waals surface area contributed by atoms with E-state index < -0.39 is 0 Å². The summed E-state index contributed by atoms with van der Waals surface area (Å²) in [5, 5.41) is 9.16. The molecule has 1 saturated heterocycles. The lowest BCUT2D eigenvalue weighted by Crippen LogP contribution is -2.44. The zero-order valence-electron chi connectivity index (χ0n) is 12.2. The van der Waals surface area contributed by atoms with Crippen LogP contribution >= 0.6 is 0 Å². The Hall–Kier alpha value is -1.83. The maximum Gasteiger partial charge on any atom is 0.254 e. The van der Waals surface area contributed by atoms with Crippen molar-refractivity contribution in [2.45, 2.75) is 31.7 Å². The van der Waals surface area contributed by atoms with Crippen molar-refractivity contribution in [3.8, 4) is 11.8 Å². The molecule has 0 aliphatic carbocycles. The summed E-state index contributed by atoms with van der Waals surface area (Å²) < 4.78 is 0. The fraction of sp³-hybridized carbons (Fsp3) is 0.471. The molecule has 1 heterocycles. The summed E-state index contributed by atoms with van der Waals surface area (Å²) >= 11 is 0. The molecular formula is C17H22N2O2. The first-order valence-corrected chi connectivity index (χ1v) is 7.47. The molecule has 112 valence electrons. The summed E-state index contributed by atoms with van der Waals surface area (Å²) in [4.78, 5) is 14.6. The lowest BCUT2D eigenvalue weighted by atomic mass is 9.98. The summed E-state index contributed by atoms with van der Waals surface area (Å²) in [6.45, 7) is 1.20. The van der Waals surface area contributed by atoms with Crippen LogP contribution in [0.3, 0.4) is 0 Å². The molecule has 0 saturated carbocycles. The molecule has 1 unspecified atom stereocenters. The largest absolute Gasteiger partial charge is 0.396 e. The number of aliphatic hydroxyl groups excluding tert-OH is 1. The smallest absolute Gasteiger partial charge is 0.254 e. The van der Waals surface area contributed by atoms with Gasteiger partial charge in [0.05, 0.1) is 6.54 Å². The van der Waals surface area contributed by atoms with E-state index >= 15 is 0 Å². The molecule has 4 heteroatoms. The Bertz CT molecular complexity index is 543. The van der Waals surface area contributed by atoms with E-state index in [-0.39, 0.29) is 18.6 Å². The number of hydrogen-bond donors (Lipinski definition) is 2. The van der Waals surface area contributed by atoms with Crippen LogP contribution in [0.1, 0.15) is 41.6 Å². The highest BCUT2D eigenvalue weighted by atomic mass is 16.3. The predicted molar refractivity (Wildman–Crippen MR) is 82.8 cm³/mol. The standard InChI is InChI=1S/C17H22N2O2/c18-10-4-6-14-5-3-7-15(13-14)17(21)19-11-2-1-8-16(19)9-12-20/h3,5,7,13,16,20H,1-2,8-12,18H2. The third kappa shape index (κ3) is 4.07. The molecule has 0 aromatic heterocycles. The molecule has 1 aliphatic heterocycles. The zero-order valence-corrected chi connectivity index (χ0v) is 12.2. The number of piperidine rings is 1. The monoisotopic (exact) mass is 286 g/mol. The summed E-state index contributed by atoms with van der Waals surface area (Å²) in [5.74, 6) is 5.78. The molecule has 2 rings (SSSR count). The van der Waals surface area contributed by atoms with Crippen molar-refractivity contribution in [3.05, 3.63) is 35.4 Å². The van der Waals surface area contributed by atoms with Gasteiger partial charge in [0.25, 0.3) is 5.91 Å². The van der Waals surface area contributed by atoms with E-state index in [9.17, 15) is 4.79 Å². The van der Waals surface area contributed by atoms with Crippen molar-refractivity contribution < 1.29 is 9.90 Å². The highest BCUT2D eigenvalue weighted by Crippen LogP contribution is 2.22. The molecule has 0 radical (unpaired) electrons. The molecule has 1 amide bonds. The van der Waals surface area contributed by atoms with Crippen LogP contribution in [0.25, 0.3) is 0 Å². The first-order chi connectivity index (χ1) is 10.3. The summed E-state index contributed by atoms with van der Waals surface area (Å²) in [6.07, 6.45) is 3.77. The van der Waals surface area contributed by atoms with Gasteiger partial charge in [-0.2, -0.15) is 0 Å². The quantitative estimate of drug-likeness (QED) is 0.825. The minimum absolute atomic E-state index is 0.0320. The number of amides is 1. The number of benzene rings is 1. The van der Waals surface area contributed by atoms with Gasteiger partial charge < -0.3 is 15.7 Å². The first-order valence-electron chi connectivity index (χ1n) is 7.47. The number of carbonyl (C=O) groups is 1. The zero-order chi connectivity index (χ0) is 15.1. The second-order valence-corrected chi connectivity index (χ2v) is 5.25. The highest BCUT2D eigenvalue weighted by molar-refractivity contribution is 5.94. The van der Waals surface area contributed by atoms with Crippen molar-refractivity contribution in [1.82, 2.24) is 4.90 Å². The molecule has 3 N–H and O–H groups in total. The number of aliphatic hydroxyl groups is 1. The number of likely N-dealkylation sites (tertiary alicyclic amines) is 1. The minimum atomic E-state index is 0.0320. The first kappa shape index (κ1) is 15.6. The van der Waals surface area contributed by atoms with E-state index in [1.165, 1.54) is 0 Å². The van der Waals surface area contributed by atoms with Crippen LogP contribution in [0.5, 0.6) is 0 Å². The lowest BCUT2D eigenvalue weighted by molar-refractivity contribution is 0.0574. The highest BCUT2D eigenvalue weighted by Gasteiger charge is 2.26. The topological polar surface area (TPSA) is 66.6 Å². The molecule has 21 heavy (non-hydrogen) atoms. The Balaban J connectivity index is 2.17. The Morgan fingerprint density at radius 1 is 1.43 bits per heavy atom. The molecular weight excluding hydrogens is 264 g/mol. The van der Waals surface area contributed by atoms with Gasteiger partial charge in [0.1, 0.15) is 0 Å². The van der Waals surface area contributed by atoms with Crippen molar-refractivity contribution in [2.24, 2.45) is 5.73 Å². The molecule has 1 atom stereocenters. The van der Waals surface area contributed by atoms with Gasteiger partial charge >= 0.3 is 0 Å². The van der Waals surface area contributed by atoms with E-state index in [1.54, 1.807) is 0 Å². The fourth-order valence-corrected chi connectivity index (χ4v) is 2.77. The van der Waals surface area contributed by atoms with Gasteiger partial charge in [-0.3, -0.25) is 4.79 Å². The number of rotatable bonds is 3. The van der Waals surface area contributed by atoms with Gasteiger partial charge in [-0.15, -0.1) is 0 Å². The second-order valence-electron chi connectivity index (χ2n) is 5.25. The number of nitrogens with zero attached hydrogens (tertiary/aromatic N) is 1. The van der Waals surface area contributed by atoms with E-state index in [0.29, 0.717) is 18.5 Å². The molecule has 4 nitrogen and oxygen atoms in total. The van der Waals surface area contributed by atoms with Crippen molar-refractivity contribution in [2.75, 3.05) is 19.7 Å². The molecule has 1 aromatic carbocycles. The van der Waals surface area contributed by atoms with Crippen LogP contribution in [0, 0.1) is 11.8 Å². The molecule has 0 bridgehead atoms. The average molecular weight is 286 g/mol. The van der Waals surface area contributed by atoms with E-state index in [4.69, 9.17) is 10.8 Å². The maximum atomic E-state index is 12.7. The Kier molecular flexibility index (Phi) is 5.79. The van der Waals surface area contributed by atoms with E-state index in [2.05, 4.69) is 11.8 Å². The fourth-order valence-electron chi connectivity index (χ4n) is 2.77. The normalized spacial score (nSPS) is 18.0. The third-order valence-electron chi connectivity index (χ3n) is 3.79. The molecule has 1 aromatic rings. The third-order valence-corrected chi connectivity index (χ3v) is 3.79. The number of carbonyl (C=O) groups excluding carboxylic acids is 1. The van der Waals surface area contributed by atoms with Crippen LogP contribution in [-0.2, 0) is 0 Å². The van der Waals surface area contributed by atoms with E-state index in [1.807, 2.05) is 29.2 Å². The Labute approximate surface area is 125 Å². The lowest BCUT2D eigenvalue weighted by Gasteiger charge is -2.35. The molecule has 1 fully saturated rings. The van der Waals surface area contributed by atoms with Gasteiger partial charge in [-0.25, -0.2) is 0 Å². The Morgan fingerprint density at radius 3 is 3.05 bits per heavy atom. The van der Waals surface area contributed by atoms with Gasteiger partial charge in [0, 0.05) is 30.3 Å². The van der Waals surface area contributed by atoms with Crippen LogP contribution in [-0.4, -0.2) is 41.7 Å². The van der Waals surface area contributed by atoms with Crippen molar-refractivity contribution >= 4 is 5.91 Å². The van der Waals surface area contributed by atoms with Gasteiger partial charge in [-0.1, -0.05) is 17.9 Å². The number of hydrogen-bond acceptors (Lipinski definition) is 3. The maximum absolute atomic E-state index is 12.7. The van der Waals surface area contributed by atoms with Crippen molar-refractivity contribution in [3.63, 3.8) is 0 Å². The van der Waals surface area contributed by atoms with Crippen LogP contribution < -0.4 is 5.73 Å². The predicted octanol–water partition coefficient (Wildman–Crippen LogP) is 1.37. The van der Waals surface area contributed by atoms with Crippen molar-refractivity contribution in [1.29, 1.82) is 0 Å². The van der Waals surface area contributed by atoms with Gasteiger partial charge in [0.15, 0.2) is 0 Å². The van der Waals surface area contributed by atoms with Crippen LogP contribution in [0.15, 0.2) is 24.3 Å². The summed E-state index contributed by atoms with van der Waals surface area (Å²) in [6, 6.07) is 7.51.